The molecular formula is C7H7BF3O-. The summed E-state index contributed by atoms with van der Waals surface area (Å²) in [6.07, 6.45) is 0. The van der Waals surface area contributed by atoms with E-state index in [1.165, 1.54) is 12.1 Å². The third-order valence-electron chi connectivity index (χ3n) is 1.51. The summed E-state index contributed by atoms with van der Waals surface area (Å²) in [5, 5.41) is 8.57. The lowest BCUT2D eigenvalue weighted by atomic mass is 9.79. The number of halogens is 3. The summed E-state index contributed by atoms with van der Waals surface area (Å²) in [6, 6.07) is 4.70. The summed E-state index contributed by atoms with van der Waals surface area (Å²) in [4.78, 5) is 0. The minimum atomic E-state index is -4.94. The largest absolute Gasteiger partial charge is 0.509 e. The van der Waals surface area contributed by atoms with Gasteiger partial charge in [0, 0.05) is 0 Å². The van der Waals surface area contributed by atoms with E-state index >= 15 is 0 Å². The smallest absolute Gasteiger partial charge is 0.445 e. The topological polar surface area (TPSA) is 20.2 Å². The molecule has 1 aromatic carbocycles. The van der Waals surface area contributed by atoms with Crippen molar-refractivity contribution in [2.75, 3.05) is 0 Å². The monoisotopic (exact) mass is 175 g/mol. The fraction of sp³-hybridized carbons (Fsp3) is 0.143. The van der Waals surface area contributed by atoms with Crippen molar-refractivity contribution in [1.82, 2.24) is 0 Å². The van der Waals surface area contributed by atoms with Crippen LogP contribution in [0.15, 0.2) is 24.3 Å². The second-order valence-electron chi connectivity index (χ2n) is 2.48. The minimum Gasteiger partial charge on any atom is -0.445 e. The van der Waals surface area contributed by atoms with Crippen molar-refractivity contribution in [1.29, 1.82) is 0 Å². The zero-order valence-electron chi connectivity index (χ0n) is 6.17. The molecule has 1 N–H and O–H groups in total. The fourth-order valence-electron chi connectivity index (χ4n) is 0.895. The van der Waals surface area contributed by atoms with Gasteiger partial charge in [-0.25, -0.2) is 0 Å². The summed E-state index contributed by atoms with van der Waals surface area (Å²) >= 11 is 0. The molecule has 0 heterocycles. The third-order valence-corrected chi connectivity index (χ3v) is 1.51. The molecule has 5 heteroatoms. The Morgan fingerprint density at radius 3 is 2.42 bits per heavy atom. The molecule has 0 spiro atoms. The maximum absolute atomic E-state index is 12.1. The van der Waals surface area contributed by atoms with Crippen molar-refractivity contribution >= 4 is 12.4 Å². The normalized spacial score (nSPS) is 11.7. The van der Waals surface area contributed by atoms with E-state index in [0.29, 0.717) is 0 Å². The summed E-state index contributed by atoms with van der Waals surface area (Å²) in [5.41, 5.74) is -0.381. The molecule has 0 aromatic heterocycles. The lowest BCUT2D eigenvalue weighted by molar-refractivity contribution is 0.282. The van der Waals surface area contributed by atoms with Crippen LogP contribution in [0.1, 0.15) is 5.56 Å². The molecular weight excluding hydrogens is 168 g/mol. The predicted molar refractivity (Wildman–Crippen MR) is 41.1 cm³/mol. The molecule has 1 nitrogen and oxygen atoms in total. The Labute approximate surface area is 67.9 Å². The molecule has 12 heavy (non-hydrogen) atoms. The van der Waals surface area contributed by atoms with E-state index in [1.807, 2.05) is 0 Å². The van der Waals surface area contributed by atoms with Crippen LogP contribution < -0.4 is 5.46 Å². The van der Waals surface area contributed by atoms with Crippen LogP contribution >= 0.6 is 0 Å². The summed E-state index contributed by atoms with van der Waals surface area (Å²) in [5.74, 6) is 0. The first kappa shape index (κ1) is 9.13. The molecule has 0 aliphatic heterocycles. The quantitative estimate of drug-likeness (QED) is 0.670. The molecule has 1 aromatic rings. The van der Waals surface area contributed by atoms with E-state index < -0.39 is 12.4 Å². The van der Waals surface area contributed by atoms with E-state index in [4.69, 9.17) is 5.11 Å². The van der Waals surface area contributed by atoms with E-state index in [9.17, 15) is 12.9 Å². The lowest BCUT2D eigenvalue weighted by Gasteiger charge is -2.14. The molecule has 0 bridgehead atoms. The van der Waals surface area contributed by atoms with Gasteiger partial charge in [-0.2, -0.15) is 0 Å². The van der Waals surface area contributed by atoms with E-state index in [2.05, 4.69) is 0 Å². The Hall–Kier alpha value is -0.965. The van der Waals surface area contributed by atoms with Gasteiger partial charge in [-0.05, 0) is 5.56 Å². The molecule has 0 saturated heterocycles. The first-order valence-corrected chi connectivity index (χ1v) is 3.43. The molecule has 0 aliphatic carbocycles. The van der Waals surface area contributed by atoms with Crippen molar-refractivity contribution in [2.24, 2.45) is 0 Å². The van der Waals surface area contributed by atoms with Gasteiger partial charge < -0.3 is 18.1 Å². The Morgan fingerprint density at radius 2 is 1.92 bits per heavy atom. The van der Waals surface area contributed by atoms with Gasteiger partial charge in [0.25, 0.3) is 0 Å². The van der Waals surface area contributed by atoms with Crippen molar-refractivity contribution in [3.63, 3.8) is 0 Å². The van der Waals surface area contributed by atoms with Crippen LogP contribution in [-0.2, 0) is 6.61 Å². The predicted octanol–water partition coefficient (Wildman–Crippen LogP) is 1.23. The first-order valence-electron chi connectivity index (χ1n) is 3.43. The second kappa shape index (κ2) is 3.19. The highest BCUT2D eigenvalue weighted by molar-refractivity contribution is 6.73. The van der Waals surface area contributed by atoms with E-state index in [0.717, 1.165) is 12.1 Å². The highest BCUT2D eigenvalue weighted by Crippen LogP contribution is 2.09. The van der Waals surface area contributed by atoms with Gasteiger partial charge in [-0.3, -0.25) is 0 Å². The molecule has 0 radical (unpaired) electrons. The van der Waals surface area contributed by atoms with Crippen LogP contribution in [0.3, 0.4) is 0 Å². The van der Waals surface area contributed by atoms with Gasteiger partial charge in [0.15, 0.2) is 0 Å². The van der Waals surface area contributed by atoms with Crippen LogP contribution in [0, 0.1) is 0 Å². The summed E-state index contributed by atoms with van der Waals surface area (Å²) < 4.78 is 36.3. The van der Waals surface area contributed by atoms with Crippen molar-refractivity contribution in [3.05, 3.63) is 29.8 Å². The van der Waals surface area contributed by atoms with Crippen LogP contribution in [0.5, 0.6) is 0 Å². The highest BCUT2D eigenvalue weighted by atomic mass is 19.4. The van der Waals surface area contributed by atoms with Gasteiger partial charge in [-0.15, -0.1) is 5.46 Å². The summed E-state index contributed by atoms with van der Waals surface area (Å²) in [6.45, 7) is -5.30. The van der Waals surface area contributed by atoms with Gasteiger partial charge in [-0.1, -0.05) is 24.3 Å². The molecule has 0 saturated carbocycles. The second-order valence-corrected chi connectivity index (χ2v) is 2.48. The molecule has 0 unspecified atom stereocenters. The average Bonchev–Trinajstić information content (AvgIpc) is 2.03. The van der Waals surface area contributed by atoms with Gasteiger partial charge in [0.2, 0.25) is 0 Å². The van der Waals surface area contributed by atoms with Crippen LogP contribution in [-0.4, -0.2) is 12.1 Å². The maximum Gasteiger partial charge on any atom is 0.509 e. The van der Waals surface area contributed by atoms with Crippen molar-refractivity contribution in [3.8, 4) is 0 Å². The average molecular weight is 175 g/mol. The molecule has 66 valence electrons. The Morgan fingerprint density at radius 1 is 1.25 bits per heavy atom. The zero-order valence-corrected chi connectivity index (χ0v) is 6.17. The Bertz CT molecular complexity index is 272. The van der Waals surface area contributed by atoms with Crippen LogP contribution in [0.4, 0.5) is 12.9 Å². The molecule has 1 rings (SSSR count). The number of rotatable bonds is 2. The van der Waals surface area contributed by atoms with E-state index in [-0.39, 0.29) is 12.2 Å². The summed E-state index contributed by atoms with van der Waals surface area (Å²) in [7, 11) is 0. The maximum atomic E-state index is 12.1. The standard InChI is InChI=1S/C7H7BF3O/c9-8(10,11)7-3-1-2-6(4-7)5-12/h1-4,12H,5H2/q-1. The number of hydrogen-bond acceptors (Lipinski definition) is 1. The highest BCUT2D eigenvalue weighted by Gasteiger charge is 2.25. The fourth-order valence-corrected chi connectivity index (χ4v) is 0.895. The third kappa shape index (κ3) is 2.01. The number of hydrogen-bond donors (Lipinski definition) is 1. The number of benzene rings is 1. The minimum absolute atomic E-state index is 0.284. The van der Waals surface area contributed by atoms with Gasteiger partial charge in [0.1, 0.15) is 0 Å². The van der Waals surface area contributed by atoms with E-state index in [1.54, 1.807) is 0 Å². The molecule has 0 amide bonds. The molecule has 0 aliphatic rings. The lowest BCUT2D eigenvalue weighted by Crippen LogP contribution is -2.34. The van der Waals surface area contributed by atoms with Gasteiger partial charge >= 0.3 is 6.98 Å². The van der Waals surface area contributed by atoms with Crippen molar-refractivity contribution in [2.45, 2.75) is 6.61 Å². The number of aliphatic hydroxyl groups is 1. The SMILES string of the molecule is OCc1cccc([B-](F)(F)F)c1. The number of aliphatic hydroxyl groups excluding tert-OH is 1. The first-order chi connectivity index (χ1) is 5.54. The van der Waals surface area contributed by atoms with Crippen LogP contribution in [0.25, 0.3) is 0 Å². The Kier molecular flexibility index (Phi) is 2.42. The van der Waals surface area contributed by atoms with Gasteiger partial charge in [0.05, 0.1) is 6.61 Å². The molecule has 0 atom stereocenters. The van der Waals surface area contributed by atoms with Crippen molar-refractivity contribution < 1.29 is 18.1 Å². The van der Waals surface area contributed by atoms with Crippen LogP contribution in [0.2, 0.25) is 0 Å². The molecule has 0 fully saturated rings. The zero-order chi connectivity index (χ0) is 9.19. The Balaban J connectivity index is 3.02.